The van der Waals surface area contributed by atoms with Crippen LogP contribution in [-0.2, 0) is 12.8 Å². The smallest absolute Gasteiger partial charge is 0.124 e. The Morgan fingerprint density at radius 3 is 2.48 bits per heavy atom. The predicted octanol–water partition coefficient (Wildman–Crippen LogP) is 5.13. The van der Waals surface area contributed by atoms with E-state index in [0.717, 1.165) is 23.3 Å². The number of hydrogen-bond donors (Lipinski definition) is 0. The number of rotatable bonds is 6. The monoisotopic (exact) mass is 326 g/mol. The first kappa shape index (κ1) is 16.1. The molecule has 4 heteroatoms. The number of halogens is 3. The van der Waals surface area contributed by atoms with Gasteiger partial charge >= 0.3 is 0 Å². The van der Waals surface area contributed by atoms with E-state index in [1.807, 2.05) is 24.3 Å². The lowest BCUT2D eigenvalue weighted by atomic mass is 9.93. The van der Waals surface area contributed by atoms with Gasteiger partial charge < -0.3 is 4.74 Å². The fourth-order valence-corrected chi connectivity index (χ4v) is 2.82. The number of hydrogen-bond acceptors (Lipinski definition) is 1. The minimum absolute atomic E-state index is 0.214. The van der Waals surface area contributed by atoms with Gasteiger partial charge in [-0.05, 0) is 48.1 Å². The Labute approximate surface area is 134 Å². The van der Waals surface area contributed by atoms with Gasteiger partial charge in [-0.2, -0.15) is 0 Å². The topological polar surface area (TPSA) is 9.23 Å². The zero-order valence-corrected chi connectivity index (χ0v) is 13.3. The van der Waals surface area contributed by atoms with Gasteiger partial charge in [0.1, 0.15) is 11.6 Å². The lowest BCUT2D eigenvalue weighted by Gasteiger charge is -2.17. The summed E-state index contributed by atoms with van der Waals surface area (Å²) in [5.74, 6) is 1.26. The molecule has 0 spiro atoms. The molecular weight excluding hydrogens is 310 g/mol. The maximum absolute atomic E-state index is 13.1. The SMILES string of the molecule is COc1ccccc1CC(CCl)Cc1ccc(F)cc1Cl. The average molecular weight is 327 g/mol. The summed E-state index contributed by atoms with van der Waals surface area (Å²) in [4.78, 5) is 0. The Hall–Kier alpha value is -1.25. The number of benzene rings is 2. The predicted molar refractivity (Wildman–Crippen MR) is 86.0 cm³/mol. The van der Waals surface area contributed by atoms with E-state index in [2.05, 4.69) is 0 Å². The second kappa shape index (κ2) is 7.67. The molecule has 2 rings (SSSR count). The van der Waals surface area contributed by atoms with E-state index in [1.165, 1.54) is 12.1 Å². The average Bonchev–Trinajstić information content (AvgIpc) is 2.49. The lowest BCUT2D eigenvalue weighted by molar-refractivity contribution is 0.405. The van der Waals surface area contributed by atoms with Crippen molar-refractivity contribution in [1.82, 2.24) is 0 Å². The van der Waals surface area contributed by atoms with E-state index in [0.29, 0.717) is 17.3 Å². The van der Waals surface area contributed by atoms with Gasteiger partial charge in [-0.3, -0.25) is 0 Å². The highest BCUT2D eigenvalue weighted by molar-refractivity contribution is 6.31. The van der Waals surface area contributed by atoms with Crippen LogP contribution in [0.1, 0.15) is 11.1 Å². The van der Waals surface area contributed by atoms with E-state index in [-0.39, 0.29) is 11.7 Å². The molecule has 0 aromatic heterocycles. The molecule has 0 bridgehead atoms. The van der Waals surface area contributed by atoms with Crippen molar-refractivity contribution in [3.63, 3.8) is 0 Å². The van der Waals surface area contributed by atoms with Crippen LogP contribution in [0.4, 0.5) is 4.39 Å². The van der Waals surface area contributed by atoms with Crippen LogP contribution < -0.4 is 4.74 Å². The fraction of sp³-hybridized carbons (Fsp3) is 0.294. The Morgan fingerprint density at radius 2 is 1.81 bits per heavy atom. The van der Waals surface area contributed by atoms with Crippen molar-refractivity contribution >= 4 is 23.2 Å². The molecule has 0 saturated heterocycles. The van der Waals surface area contributed by atoms with E-state index in [9.17, 15) is 4.39 Å². The summed E-state index contributed by atoms with van der Waals surface area (Å²) in [5, 5.41) is 0.449. The third-order valence-electron chi connectivity index (χ3n) is 3.44. The van der Waals surface area contributed by atoms with Crippen LogP contribution in [0.3, 0.4) is 0 Å². The molecule has 2 aromatic carbocycles. The van der Waals surface area contributed by atoms with Crippen molar-refractivity contribution in [2.24, 2.45) is 5.92 Å². The van der Waals surface area contributed by atoms with E-state index in [1.54, 1.807) is 13.2 Å². The Bertz CT molecular complexity index is 601. The molecule has 21 heavy (non-hydrogen) atoms. The summed E-state index contributed by atoms with van der Waals surface area (Å²) in [6.45, 7) is 0. The molecule has 1 atom stereocenters. The maximum Gasteiger partial charge on any atom is 0.124 e. The molecule has 1 nitrogen and oxygen atoms in total. The van der Waals surface area contributed by atoms with Crippen LogP contribution in [0.15, 0.2) is 42.5 Å². The zero-order chi connectivity index (χ0) is 15.2. The largest absolute Gasteiger partial charge is 0.496 e. The van der Waals surface area contributed by atoms with Gasteiger partial charge in [-0.25, -0.2) is 4.39 Å². The molecule has 0 N–H and O–H groups in total. The summed E-state index contributed by atoms with van der Waals surface area (Å²) >= 11 is 12.2. The maximum atomic E-state index is 13.1. The minimum Gasteiger partial charge on any atom is -0.496 e. The Kier molecular flexibility index (Phi) is 5.89. The van der Waals surface area contributed by atoms with E-state index >= 15 is 0 Å². The lowest BCUT2D eigenvalue weighted by Crippen LogP contribution is -2.11. The summed E-state index contributed by atoms with van der Waals surface area (Å²) in [6, 6.07) is 12.4. The van der Waals surface area contributed by atoms with Gasteiger partial charge in [-0.15, -0.1) is 11.6 Å². The van der Waals surface area contributed by atoms with Crippen LogP contribution in [0.25, 0.3) is 0 Å². The molecule has 0 heterocycles. The molecule has 0 fully saturated rings. The highest BCUT2D eigenvalue weighted by Gasteiger charge is 2.14. The van der Waals surface area contributed by atoms with Crippen molar-refractivity contribution in [3.05, 3.63) is 64.4 Å². The van der Waals surface area contributed by atoms with Gasteiger partial charge in [0.05, 0.1) is 7.11 Å². The standard InChI is InChI=1S/C17H17Cl2FO/c1-21-17-5-3-2-4-14(17)9-12(11-18)8-13-6-7-15(20)10-16(13)19/h2-7,10,12H,8-9,11H2,1H3. The summed E-state index contributed by atoms with van der Waals surface area (Å²) in [7, 11) is 1.66. The third kappa shape index (κ3) is 4.36. The number of para-hydroxylation sites is 1. The fourth-order valence-electron chi connectivity index (χ4n) is 2.36. The molecule has 0 radical (unpaired) electrons. The molecule has 0 aliphatic carbocycles. The van der Waals surface area contributed by atoms with Crippen LogP contribution in [0.2, 0.25) is 5.02 Å². The van der Waals surface area contributed by atoms with Crippen molar-refractivity contribution in [3.8, 4) is 5.75 Å². The first-order valence-electron chi connectivity index (χ1n) is 6.75. The second-order valence-corrected chi connectivity index (χ2v) is 5.69. The number of ether oxygens (including phenoxy) is 1. The third-order valence-corrected chi connectivity index (χ3v) is 4.23. The molecule has 112 valence electrons. The second-order valence-electron chi connectivity index (χ2n) is 4.98. The minimum atomic E-state index is -0.323. The van der Waals surface area contributed by atoms with Crippen molar-refractivity contribution in [2.45, 2.75) is 12.8 Å². The Morgan fingerprint density at radius 1 is 1.10 bits per heavy atom. The Balaban J connectivity index is 2.13. The molecule has 1 unspecified atom stereocenters. The summed E-state index contributed by atoms with van der Waals surface area (Å²) in [6.07, 6.45) is 1.50. The number of alkyl halides is 1. The van der Waals surface area contributed by atoms with Gasteiger partial charge in [0.15, 0.2) is 0 Å². The van der Waals surface area contributed by atoms with Crippen LogP contribution in [0.5, 0.6) is 5.75 Å². The van der Waals surface area contributed by atoms with Gasteiger partial charge in [0.25, 0.3) is 0 Å². The highest BCUT2D eigenvalue weighted by Crippen LogP contribution is 2.26. The van der Waals surface area contributed by atoms with Crippen molar-refractivity contribution in [2.75, 3.05) is 13.0 Å². The molecule has 2 aromatic rings. The zero-order valence-electron chi connectivity index (χ0n) is 11.8. The molecule has 0 amide bonds. The molecular formula is C17H17Cl2FO. The van der Waals surface area contributed by atoms with Gasteiger partial charge in [0.2, 0.25) is 0 Å². The first-order valence-corrected chi connectivity index (χ1v) is 7.67. The van der Waals surface area contributed by atoms with Crippen LogP contribution in [-0.4, -0.2) is 13.0 Å². The van der Waals surface area contributed by atoms with Crippen LogP contribution in [0, 0.1) is 11.7 Å². The quantitative estimate of drug-likeness (QED) is 0.669. The van der Waals surface area contributed by atoms with E-state index < -0.39 is 0 Å². The highest BCUT2D eigenvalue weighted by atomic mass is 35.5. The van der Waals surface area contributed by atoms with Gasteiger partial charge in [0, 0.05) is 10.9 Å². The molecule has 0 saturated carbocycles. The van der Waals surface area contributed by atoms with Crippen molar-refractivity contribution < 1.29 is 9.13 Å². The normalized spacial score (nSPS) is 12.2. The van der Waals surface area contributed by atoms with Crippen LogP contribution >= 0.6 is 23.2 Å². The van der Waals surface area contributed by atoms with Crippen molar-refractivity contribution in [1.29, 1.82) is 0 Å². The number of methoxy groups -OCH3 is 1. The van der Waals surface area contributed by atoms with Gasteiger partial charge in [-0.1, -0.05) is 35.9 Å². The summed E-state index contributed by atoms with van der Waals surface area (Å²) in [5.41, 5.74) is 2.03. The van der Waals surface area contributed by atoms with E-state index in [4.69, 9.17) is 27.9 Å². The molecule has 0 aliphatic heterocycles. The first-order chi connectivity index (χ1) is 10.1. The molecule has 0 aliphatic rings. The summed E-state index contributed by atoms with van der Waals surface area (Å²) < 4.78 is 18.4.